The molecular weight excluding hydrogens is 397 g/mol. The molecule has 0 aliphatic rings. The van der Waals surface area contributed by atoms with E-state index < -0.39 is 11.2 Å². The van der Waals surface area contributed by atoms with Gasteiger partial charge in [0.1, 0.15) is 11.2 Å². The summed E-state index contributed by atoms with van der Waals surface area (Å²) >= 11 is 7.17. The molecule has 0 spiro atoms. The standard InChI is InChI=1S/C22H17ClFNO2S/c23-18-10-6-17(7-11-18)21(27)25-22(28-14-15-4-2-1-3-5-15)20(26)16-8-12-19(24)13-9-16/h1-13,22H,14H2,(H,25,27)/t22-/m1/s1. The van der Waals surface area contributed by atoms with Crippen molar-refractivity contribution in [2.45, 2.75) is 11.1 Å². The molecule has 1 atom stereocenters. The maximum absolute atomic E-state index is 13.2. The molecule has 28 heavy (non-hydrogen) atoms. The van der Waals surface area contributed by atoms with Crippen molar-refractivity contribution in [2.24, 2.45) is 0 Å². The van der Waals surface area contributed by atoms with Crippen LogP contribution in [-0.4, -0.2) is 17.1 Å². The van der Waals surface area contributed by atoms with Crippen LogP contribution >= 0.6 is 23.4 Å². The molecule has 0 radical (unpaired) electrons. The number of nitrogens with one attached hydrogen (secondary N) is 1. The van der Waals surface area contributed by atoms with Crippen LogP contribution in [0.5, 0.6) is 0 Å². The second-order valence-electron chi connectivity index (χ2n) is 6.03. The largest absolute Gasteiger partial charge is 0.333 e. The number of carbonyl (C=O) groups excluding carboxylic acids is 2. The summed E-state index contributed by atoms with van der Waals surface area (Å²) in [4.78, 5) is 25.5. The molecule has 3 rings (SSSR count). The van der Waals surface area contributed by atoms with Gasteiger partial charge in [-0.05, 0) is 54.1 Å². The Morgan fingerprint density at radius 2 is 1.50 bits per heavy atom. The van der Waals surface area contributed by atoms with Gasteiger partial charge in [-0.3, -0.25) is 9.59 Å². The van der Waals surface area contributed by atoms with E-state index in [4.69, 9.17) is 11.6 Å². The van der Waals surface area contributed by atoms with Gasteiger partial charge in [-0.25, -0.2) is 4.39 Å². The number of Topliss-reactive ketones (excluding diaryl/α,β-unsaturated/α-hetero) is 1. The smallest absolute Gasteiger partial charge is 0.252 e. The highest BCUT2D eigenvalue weighted by Crippen LogP contribution is 2.21. The molecule has 0 aliphatic carbocycles. The number of hydrogen-bond acceptors (Lipinski definition) is 3. The van der Waals surface area contributed by atoms with Crippen molar-refractivity contribution in [3.63, 3.8) is 0 Å². The summed E-state index contributed by atoms with van der Waals surface area (Å²) in [5.74, 6) is -0.546. The van der Waals surface area contributed by atoms with E-state index in [1.54, 1.807) is 24.3 Å². The first-order chi connectivity index (χ1) is 13.5. The lowest BCUT2D eigenvalue weighted by Gasteiger charge is -2.18. The minimum absolute atomic E-state index is 0.289. The van der Waals surface area contributed by atoms with Crippen molar-refractivity contribution >= 4 is 35.1 Å². The van der Waals surface area contributed by atoms with Gasteiger partial charge >= 0.3 is 0 Å². The Balaban J connectivity index is 1.78. The van der Waals surface area contributed by atoms with Gasteiger partial charge < -0.3 is 5.32 Å². The summed E-state index contributed by atoms with van der Waals surface area (Å²) in [5.41, 5.74) is 1.77. The number of benzene rings is 3. The monoisotopic (exact) mass is 413 g/mol. The second-order valence-corrected chi connectivity index (χ2v) is 7.56. The highest BCUT2D eigenvalue weighted by molar-refractivity contribution is 7.99. The normalized spacial score (nSPS) is 11.6. The van der Waals surface area contributed by atoms with Crippen LogP contribution in [0.3, 0.4) is 0 Å². The summed E-state index contributed by atoms with van der Waals surface area (Å²) in [6.07, 6.45) is 0. The highest BCUT2D eigenvalue weighted by atomic mass is 35.5. The summed E-state index contributed by atoms with van der Waals surface area (Å²) in [7, 11) is 0. The fourth-order valence-corrected chi connectivity index (χ4v) is 3.66. The molecule has 0 saturated heterocycles. The van der Waals surface area contributed by atoms with Gasteiger partial charge in [-0.2, -0.15) is 0 Å². The quantitative estimate of drug-likeness (QED) is 0.419. The SMILES string of the molecule is O=C(N[C@H](SCc1ccccc1)C(=O)c1ccc(F)cc1)c1ccc(Cl)cc1. The average molecular weight is 414 g/mol. The first-order valence-corrected chi connectivity index (χ1v) is 9.97. The minimum Gasteiger partial charge on any atom is -0.333 e. The molecule has 0 bridgehead atoms. The van der Waals surface area contributed by atoms with Crippen LogP contribution < -0.4 is 5.32 Å². The fourth-order valence-electron chi connectivity index (χ4n) is 2.51. The molecule has 0 aliphatic heterocycles. The van der Waals surface area contributed by atoms with Crippen LogP contribution in [0.1, 0.15) is 26.3 Å². The van der Waals surface area contributed by atoms with Crippen molar-refractivity contribution in [2.75, 3.05) is 0 Å². The van der Waals surface area contributed by atoms with Crippen LogP contribution in [0.15, 0.2) is 78.9 Å². The third-order valence-corrected chi connectivity index (χ3v) is 5.41. The number of thioether (sulfide) groups is 1. The van der Waals surface area contributed by atoms with Crippen molar-refractivity contribution in [1.29, 1.82) is 0 Å². The molecule has 0 unspecified atom stereocenters. The summed E-state index contributed by atoms with van der Waals surface area (Å²) in [5, 5.41) is 2.48. The van der Waals surface area contributed by atoms with Crippen molar-refractivity contribution in [3.8, 4) is 0 Å². The van der Waals surface area contributed by atoms with E-state index in [0.29, 0.717) is 21.9 Å². The van der Waals surface area contributed by atoms with Crippen molar-refractivity contribution in [1.82, 2.24) is 5.32 Å². The Hall–Kier alpha value is -2.63. The van der Waals surface area contributed by atoms with E-state index in [1.165, 1.54) is 36.0 Å². The lowest BCUT2D eigenvalue weighted by atomic mass is 10.1. The third-order valence-electron chi connectivity index (χ3n) is 3.99. The molecule has 1 N–H and O–H groups in total. The maximum Gasteiger partial charge on any atom is 0.252 e. The Bertz CT molecular complexity index is 947. The molecule has 3 nitrogen and oxygen atoms in total. The fraction of sp³-hybridized carbons (Fsp3) is 0.0909. The first kappa shape index (κ1) is 20.1. The molecule has 0 saturated carbocycles. The molecule has 0 fully saturated rings. The second kappa shape index (κ2) is 9.53. The molecule has 142 valence electrons. The van der Waals surface area contributed by atoms with E-state index in [0.717, 1.165) is 5.56 Å². The summed E-state index contributed by atoms with van der Waals surface area (Å²) in [6.45, 7) is 0. The Kier molecular flexibility index (Phi) is 6.85. The van der Waals surface area contributed by atoms with E-state index in [1.807, 2.05) is 30.3 Å². The zero-order chi connectivity index (χ0) is 19.9. The van der Waals surface area contributed by atoms with Gasteiger partial charge in [0, 0.05) is 21.9 Å². The average Bonchev–Trinajstić information content (AvgIpc) is 2.72. The number of carbonyl (C=O) groups is 2. The molecule has 1 amide bonds. The number of halogens is 2. The minimum atomic E-state index is -0.811. The van der Waals surface area contributed by atoms with Gasteiger partial charge in [0.15, 0.2) is 5.78 Å². The number of ketones is 1. The first-order valence-electron chi connectivity index (χ1n) is 8.54. The van der Waals surface area contributed by atoms with Crippen LogP contribution in [-0.2, 0) is 5.75 Å². The van der Waals surface area contributed by atoms with E-state index >= 15 is 0 Å². The van der Waals surface area contributed by atoms with Crippen molar-refractivity contribution in [3.05, 3.63) is 106 Å². The van der Waals surface area contributed by atoms with Gasteiger partial charge in [0.05, 0.1) is 0 Å². The lowest BCUT2D eigenvalue weighted by Crippen LogP contribution is -2.38. The number of rotatable bonds is 7. The number of amides is 1. The van der Waals surface area contributed by atoms with Gasteiger partial charge in [0.25, 0.3) is 5.91 Å². The molecular formula is C22H17ClFNO2S. The predicted octanol–water partition coefficient (Wildman–Crippen LogP) is 5.35. The molecule has 0 aromatic heterocycles. The van der Waals surface area contributed by atoms with E-state index in [2.05, 4.69) is 5.32 Å². The van der Waals surface area contributed by atoms with Gasteiger partial charge in [-0.1, -0.05) is 41.9 Å². The summed E-state index contributed by atoms with van der Waals surface area (Å²) in [6, 6.07) is 21.4. The molecule has 0 heterocycles. The third kappa shape index (κ3) is 5.44. The van der Waals surface area contributed by atoms with Gasteiger partial charge in [-0.15, -0.1) is 11.8 Å². The zero-order valence-electron chi connectivity index (χ0n) is 14.8. The lowest BCUT2D eigenvalue weighted by molar-refractivity contribution is 0.0892. The highest BCUT2D eigenvalue weighted by Gasteiger charge is 2.23. The number of hydrogen-bond donors (Lipinski definition) is 1. The summed E-state index contributed by atoms with van der Waals surface area (Å²) < 4.78 is 13.2. The maximum atomic E-state index is 13.2. The van der Waals surface area contributed by atoms with E-state index in [-0.39, 0.29) is 11.7 Å². The predicted molar refractivity (Wildman–Crippen MR) is 111 cm³/mol. The molecule has 3 aromatic rings. The molecule has 3 aromatic carbocycles. The topological polar surface area (TPSA) is 46.2 Å². The van der Waals surface area contributed by atoms with Crippen LogP contribution in [0.4, 0.5) is 4.39 Å². The Morgan fingerprint density at radius 3 is 2.14 bits per heavy atom. The molecule has 6 heteroatoms. The van der Waals surface area contributed by atoms with Gasteiger partial charge in [0.2, 0.25) is 0 Å². The van der Waals surface area contributed by atoms with Crippen LogP contribution in [0.2, 0.25) is 5.02 Å². The Morgan fingerprint density at radius 1 is 0.893 bits per heavy atom. The van der Waals surface area contributed by atoms with Crippen LogP contribution in [0.25, 0.3) is 0 Å². The van der Waals surface area contributed by atoms with Crippen LogP contribution in [0, 0.1) is 5.82 Å². The van der Waals surface area contributed by atoms with Crippen molar-refractivity contribution < 1.29 is 14.0 Å². The Labute approximate surface area is 171 Å². The zero-order valence-corrected chi connectivity index (χ0v) is 16.3. The van der Waals surface area contributed by atoms with E-state index in [9.17, 15) is 14.0 Å².